The summed E-state index contributed by atoms with van der Waals surface area (Å²) < 4.78 is 0. The molecule has 1 aromatic heterocycles. The zero-order valence-corrected chi connectivity index (χ0v) is 8.85. The Balaban J connectivity index is 2.27. The van der Waals surface area contributed by atoms with Gasteiger partial charge in [0.25, 0.3) is 0 Å². The summed E-state index contributed by atoms with van der Waals surface area (Å²) in [5.74, 6) is 0.0420. The smallest absolute Gasteiger partial charge is 0.234 e. The number of aromatic nitrogens is 1. The Bertz CT molecular complexity index is 398. The van der Waals surface area contributed by atoms with Crippen molar-refractivity contribution in [1.29, 1.82) is 0 Å². The van der Waals surface area contributed by atoms with Gasteiger partial charge in [0.2, 0.25) is 11.8 Å². The van der Waals surface area contributed by atoms with Gasteiger partial charge in [0.1, 0.15) is 5.82 Å². The largest absolute Gasteiger partial charge is 0.326 e. The van der Waals surface area contributed by atoms with Gasteiger partial charge in [0.15, 0.2) is 0 Å². The number of pyridine rings is 1. The second-order valence-corrected chi connectivity index (χ2v) is 3.71. The summed E-state index contributed by atoms with van der Waals surface area (Å²) in [7, 11) is 0. The minimum absolute atomic E-state index is 0.177. The fourth-order valence-electron chi connectivity index (χ4n) is 1.68. The molecule has 2 amide bonds. The predicted octanol–water partition coefficient (Wildman–Crippen LogP) is 0.584. The van der Waals surface area contributed by atoms with Crippen LogP contribution in [-0.2, 0) is 16.1 Å². The number of imide groups is 1. The zero-order valence-electron chi connectivity index (χ0n) is 8.85. The van der Waals surface area contributed by atoms with Crippen LogP contribution in [0.5, 0.6) is 0 Å². The van der Waals surface area contributed by atoms with Gasteiger partial charge in [0.05, 0.1) is 0 Å². The molecule has 1 fully saturated rings. The maximum absolute atomic E-state index is 11.6. The number of hydrogen-bond donors (Lipinski definition) is 1. The lowest BCUT2D eigenvalue weighted by Gasteiger charge is -2.23. The van der Waals surface area contributed by atoms with E-state index in [1.54, 1.807) is 18.3 Å². The van der Waals surface area contributed by atoms with Crippen molar-refractivity contribution >= 4 is 17.6 Å². The Kier molecular flexibility index (Phi) is 2.96. The molecule has 5 heteroatoms. The molecule has 16 heavy (non-hydrogen) atoms. The molecular formula is C11H13N3O2. The Labute approximate surface area is 93.3 Å². The van der Waals surface area contributed by atoms with Crippen molar-refractivity contribution in [3.63, 3.8) is 0 Å². The van der Waals surface area contributed by atoms with Crippen LogP contribution in [0.2, 0.25) is 0 Å². The first-order valence-electron chi connectivity index (χ1n) is 5.23. The lowest BCUT2D eigenvalue weighted by molar-refractivity contribution is -0.129. The number of carbonyl (C=O) groups excluding carboxylic acids is 2. The van der Waals surface area contributed by atoms with Crippen molar-refractivity contribution in [3.05, 3.63) is 23.9 Å². The number of amides is 2. The molecule has 1 saturated heterocycles. The van der Waals surface area contributed by atoms with Crippen LogP contribution in [0, 0.1) is 0 Å². The normalized spacial score (nSPS) is 16.7. The van der Waals surface area contributed by atoms with E-state index in [2.05, 4.69) is 4.98 Å². The molecule has 0 aromatic carbocycles. The van der Waals surface area contributed by atoms with Crippen LogP contribution in [0.3, 0.4) is 0 Å². The SMILES string of the molecule is NCc1ccc(N2C(=O)CCCC2=O)nc1. The van der Waals surface area contributed by atoms with Gasteiger partial charge in [-0.25, -0.2) is 9.88 Å². The quantitative estimate of drug-likeness (QED) is 0.738. The van der Waals surface area contributed by atoms with Crippen LogP contribution >= 0.6 is 0 Å². The number of anilines is 1. The first kappa shape index (κ1) is 10.8. The predicted molar refractivity (Wildman–Crippen MR) is 58.5 cm³/mol. The highest BCUT2D eigenvalue weighted by Crippen LogP contribution is 2.19. The first-order valence-corrected chi connectivity index (χ1v) is 5.23. The molecule has 2 N–H and O–H groups in total. The highest BCUT2D eigenvalue weighted by atomic mass is 16.2. The number of nitrogens with two attached hydrogens (primary N) is 1. The van der Waals surface area contributed by atoms with E-state index in [0.717, 1.165) is 10.5 Å². The molecule has 0 spiro atoms. The molecular weight excluding hydrogens is 206 g/mol. The molecule has 2 heterocycles. The molecule has 5 nitrogen and oxygen atoms in total. The van der Waals surface area contributed by atoms with Crippen LogP contribution in [-0.4, -0.2) is 16.8 Å². The van der Waals surface area contributed by atoms with Crippen LogP contribution in [0.1, 0.15) is 24.8 Å². The van der Waals surface area contributed by atoms with Crippen molar-refractivity contribution in [1.82, 2.24) is 4.98 Å². The molecule has 1 aliphatic rings. The van der Waals surface area contributed by atoms with E-state index < -0.39 is 0 Å². The van der Waals surface area contributed by atoms with Crippen molar-refractivity contribution in [2.45, 2.75) is 25.8 Å². The minimum atomic E-state index is -0.177. The molecule has 0 radical (unpaired) electrons. The van der Waals surface area contributed by atoms with E-state index in [9.17, 15) is 9.59 Å². The van der Waals surface area contributed by atoms with Crippen LogP contribution in [0.15, 0.2) is 18.3 Å². The van der Waals surface area contributed by atoms with E-state index in [4.69, 9.17) is 5.73 Å². The molecule has 0 unspecified atom stereocenters. The van der Waals surface area contributed by atoms with Crippen LogP contribution in [0.25, 0.3) is 0 Å². The topological polar surface area (TPSA) is 76.3 Å². The lowest BCUT2D eigenvalue weighted by Crippen LogP contribution is -2.40. The van der Waals surface area contributed by atoms with Crippen molar-refractivity contribution < 1.29 is 9.59 Å². The summed E-state index contributed by atoms with van der Waals surface area (Å²) in [5, 5.41) is 0. The second-order valence-electron chi connectivity index (χ2n) is 3.71. The Morgan fingerprint density at radius 2 is 1.94 bits per heavy atom. The van der Waals surface area contributed by atoms with Gasteiger partial charge < -0.3 is 5.73 Å². The van der Waals surface area contributed by atoms with E-state index in [-0.39, 0.29) is 11.8 Å². The van der Waals surface area contributed by atoms with E-state index in [1.807, 2.05) is 0 Å². The molecule has 84 valence electrons. The van der Waals surface area contributed by atoms with Crippen molar-refractivity contribution in [2.75, 3.05) is 4.90 Å². The van der Waals surface area contributed by atoms with Gasteiger partial charge in [-0.3, -0.25) is 9.59 Å². The number of rotatable bonds is 2. The average Bonchev–Trinajstić information content (AvgIpc) is 2.30. The number of piperidine rings is 1. The monoisotopic (exact) mass is 219 g/mol. The summed E-state index contributed by atoms with van der Waals surface area (Å²) in [6.07, 6.45) is 3.04. The van der Waals surface area contributed by atoms with Gasteiger partial charge in [-0.2, -0.15) is 0 Å². The molecule has 1 aromatic rings. The standard InChI is InChI=1S/C11H13N3O2/c12-6-8-4-5-9(13-7-8)14-10(15)2-1-3-11(14)16/h4-5,7H,1-3,6,12H2. The summed E-state index contributed by atoms with van der Waals surface area (Å²) in [6, 6.07) is 3.43. The highest BCUT2D eigenvalue weighted by Gasteiger charge is 2.27. The molecule has 2 rings (SSSR count). The third-order valence-electron chi connectivity index (χ3n) is 2.55. The van der Waals surface area contributed by atoms with Crippen LogP contribution in [0.4, 0.5) is 5.82 Å². The molecule has 1 aliphatic heterocycles. The Morgan fingerprint density at radius 3 is 2.44 bits per heavy atom. The van der Waals surface area contributed by atoms with Gasteiger partial charge in [-0.1, -0.05) is 6.07 Å². The second kappa shape index (κ2) is 4.40. The maximum atomic E-state index is 11.6. The van der Waals surface area contributed by atoms with Gasteiger partial charge in [-0.15, -0.1) is 0 Å². The lowest BCUT2D eigenvalue weighted by atomic mass is 10.1. The Morgan fingerprint density at radius 1 is 1.25 bits per heavy atom. The van der Waals surface area contributed by atoms with Gasteiger partial charge in [-0.05, 0) is 18.1 Å². The molecule has 0 bridgehead atoms. The molecule has 0 atom stereocenters. The van der Waals surface area contributed by atoms with E-state index >= 15 is 0 Å². The van der Waals surface area contributed by atoms with Crippen molar-refractivity contribution in [2.24, 2.45) is 5.73 Å². The average molecular weight is 219 g/mol. The molecule has 0 aliphatic carbocycles. The number of carbonyl (C=O) groups is 2. The zero-order chi connectivity index (χ0) is 11.5. The summed E-state index contributed by atoms with van der Waals surface area (Å²) >= 11 is 0. The van der Waals surface area contributed by atoms with Gasteiger partial charge >= 0.3 is 0 Å². The summed E-state index contributed by atoms with van der Waals surface area (Å²) in [4.78, 5) is 28.4. The summed E-state index contributed by atoms with van der Waals surface area (Å²) in [6.45, 7) is 0.398. The minimum Gasteiger partial charge on any atom is -0.326 e. The van der Waals surface area contributed by atoms with E-state index in [1.165, 1.54) is 0 Å². The first-order chi connectivity index (χ1) is 7.72. The summed E-state index contributed by atoms with van der Waals surface area (Å²) in [5.41, 5.74) is 6.32. The number of hydrogen-bond acceptors (Lipinski definition) is 4. The third-order valence-corrected chi connectivity index (χ3v) is 2.55. The third kappa shape index (κ3) is 1.94. The van der Waals surface area contributed by atoms with Gasteiger partial charge in [0, 0.05) is 25.6 Å². The van der Waals surface area contributed by atoms with E-state index in [0.29, 0.717) is 31.6 Å². The molecule has 0 saturated carbocycles. The van der Waals surface area contributed by atoms with Crippen LogP contribution < -0.4 is 10.6 Å². The fraction of sp³-hybridized carbons (Fsp3) is 0.364. The fourth-order valence-corrected chi connectivity index (χ4v) is 1.68. The number of nitrogens with zero attached hydrogens (tertiary/aromatic N) is 2. The maximum Gasteiger partial charge on any atom is 0.234 e. The highest BCUT2D eigenvalue weighted by molar-refractivity contribution is 6.15. The van der Waals surface area contributed by atoms with Crippen molar-refractivity contribution in [3.8, 4) is 0 Å². The Hall–Kier alpha value is -1.75.